The van der Waals surface area contributed by atoms with Crippen molar-refractivity contribution < 1.29 is 9.66 Å². The number of fused-ring (bicyclic) bond motifs is 1. The number of rotatable bonds is 3. The number of aromatic nitrogens is 2. The molecule has 0 saturated heterocycles. The molecule has 0 spiro atoms. The van der Waals surface area contributed by atoms with Gasteiger partial charge < -0.3 is 14.9 Å². The highest BCUT2D eigenvalue weighted by Crippen LogP contribution is 2.29. The molecule has 1 aromatic carbocycles. The van der Waals surface area contributed by atoms with E-state index in [-0.39, 0.29) is 16.9 Å². The van der Waals surface area contributed by atoms with E-state index >= 15 is 0 Å². The van der Waals surface area contributed by atoms with Gasteiger partial charge in [0.25, 0.3) is 0 Å². The number of benzene rings is 1. The van der Waals surface area contributed by atoms with Crippen LogP contribution in [0.1, 0.15) is 5.56 Å². The fraction of sp³-hybridized carbons (Fsp3) is 0.250. The van der Waals surface area contributed by atoms with Gasteiger partial charge in [0.1, 0.15) is 11.9 Å². The molecule has 3 rings (SSSR count). The maximum Gasteiger partial charge on any atom is 0.408 e. The van der Waals surface area contributed by atoms with Gasteiger partial charge in [-0.3, -0.25) is 0 Å². The molecule has 2 aromatic rings. The first-order valence-corrected chi connectivity index (χ1v) is 6.13. The molecule has 19 heavy (non-hydrogen) atoms. The summed E-state index contributed by atoms with van der Waals surface area (Å²) in [5.41, 5.74) is 1.14. The lowest BCUT2D eigenvalue weighted by Gasteiger charge is -2.07. The van der Waals surface area contributed by atoms with Crippen LogP contribution in [0.25, 0.3) is 0 Å². The van der Waals surface area contributed by atoms with Crippen LogP contribution in [-0.2, 0) is 13.0 Å². The normalized spacial score (nSPS) is 17.0. The third-order valence-corrected chi connectivity index (χ3v) is 3.24. The molecule has 7 heteroatoms. The third-order valence-electron chi connectivity index (χ3n) is 2.98. The number of hydrogen-bond acceptors (Lipinski definition) is 4. The molecule has 0 aliphatic carbocycles. The van der Waals surface area contributed by atoms with Crippen molar-refractivity contribution in [2.75, 3.05) is 0 Å². The Morgan fingerprint density at radius 1 is 1.53 bits per heavy atom. The van der Waals surface area contributed by atoms with Crippen LogP contribution in [0.4, 0.5) is 5.82 Å². The van der Waals surface area contributed by atoms with Gasteiger partial charge in [0.15, 0.2) is 5.02 Å². The molecule has 1 aliphatic rings. The van der Waals surface area contributed by atoms with Gasteiger partial charge in [-0.1, -0.05) is 29.8 Å². The minimum atomic E-state index is -0.594. The topological polar surface area (TPSA) is 70.2 Å². The molecule has 2 heterocycles. The summed E-state index contributed by atoms with van der Waals surface area (Å²) in [5.74, 6) is 0.539. The Morgan fingerprint density at radius 2 is 2.32 bits per heavy atom. The first-order valence-electron chi connectivity index (χ1n) is 5.75. The number of nitro groups is 1. The van der Waals surface area contributed by atoms with Gasteiger partial charge in [-0.2, -0.15) is 4.68 Å². The van der Waals surface area contributed by atoms with Crippen LogP contribution in [0.15, 0.2) is 30.5 Å². The molecule has 0 saturated carbocycles. The highest BCUT2D eigenvalue weighted by molar-refractivity contribution is 6.32. The van der Waals surface area contributed by atoms with Gasteiger partial charge >= 0.3 is 5.82 Å². The summed E-state index contributed by atoms with van der Waals surface area (Å²) in [6.07, 6.45) is 2.14. The predicted octanol–water partition coefficient (Wildman–Crippen LogP) is 2.45. The zero-order valence-corrected chi connectivity index (χ0v) is 10.6. The van der Waals surface area contributed by atoms with Crippen LogP contribution in [0.3, 0.4) is 0 Å². The quantitative estimate of drug-likeness (QED) is 0.639. The maximum atomic E-state index is 10.7. The number of hydrogen-bond donors (Lipinski definition) is 0. The van der Waals surface area contributed by atoms with Crippen LogP contribution in [0.5, 0.6) is 5.75 Å². The van der Waals surface area contributed by atoms with Crippen molar-refractivity contribution in [2.24, 2.45) is 0 Å². The molecular weight excluding hydrogens is 270 g/mol. The molecule has 1 aliphatic heterocycles. The van der Waals surface area contributed by atoms with Gasteiger partial charge in [0.05, 0.1) is 17.8 Å². The summed E-state index contributed by atoms with van der Waals surface area (Å²) in [7, 11) is 0. The number of nitrogens with zero attached hydrogens (tertiary/aromatic N) is 3. The van der Waals surface area contributed by atoms with Crippen LogP contribution < -0.4 is 4.74 Å². The van der Waals surface area contributed by atoms with Crippen molar-refractivity contribution in [1.29, 1.82) is 0 Å². The lowest BCUT2D eigenvalue weighted by atomic mass is 10.1. The van der Waals surface area contributed by atoms with E-state index < -0.39 is 4.92 Å². The fourth-order valence-corrected chi connectivity index (χ4v) is 2.39. The summed E-state index contributed by atoms with van der Waals surface area (Å²) >= 11 is 5.75. The van der Waals surface area contributed by atoms with E-state index in [1.165, 1.54) is 10.9 Å². The lowest BCUT2D eigenvalue weighted by Crippen LogP contribution is -2.21. The smallest absolute Gasteiger partial charge is 0.408 e. The van der Waals surface area contributed by atoms with Crippen molar-refractivity contribution in [3.05, 3.63) is 51.2 Å². The molecule has 0 fully saturated rings. The minimum absolute atomic E-state index is 0.0421. The van der Waals surface area contributed by atoms with Gasteiger partial charge in [0.2, 0.25) is 0 Å². The zero-order chi connectivity index (χ0) is 13.4. The fourth-order valence-electron chi connectivity index (χ4n) is 2.17. The van der Waals surface area contributed by atoms with Crippen LogP contribution in [-0.4, -0.2) is 20.8 Å². The van der Waals surface area contributed by atoms with Crippen molar-refractivity contribution in [3.63, 3.8) is 0 Å². The summed E-state index contributed by atoms with van der Waals surface area (Å²) < 4.78 is 7.20. The zero-order valence-electron chi connectivity index (χ0n) is 9.82. The Labute approximate surface area is 113 Å². The van der Waals surface area contributed by atoms with E-state index in [0.29, 0.717) is 6.54 Å². The lowest BCUT2D eigenvalue weighted by molar-refractivity contribution is -0.389. The molecule has 0 radical (unpaired) electrons. The second-order valence-corrected chi connectivity index (χ2v) is 4.74. The Morgan fingerprint density at radius 3 is 3.00 bits per heavy atom. The monoisotopic (exact) mass is 279 g/mol. The Bertz CT molecular complexity index is 616. The Hall–Kier alpha value is -2.08. The number of halogens is 1. The first-order chi connectivity index (χ1) is 9.13. The van der Waals surface area contributed by atoms with E-state index in [9.17, 15) is 10.1 Å². The highest BCUT2D eigenvalue weighted by Gasteiger charge is 2.26. The molecule has 0 bridgehead atoms. The van der Waals surface area contributed by atoms with Gasteiger partial charge in [-0.25, -0.2) is 0 Å². The van der Waals surface area contributed by atoms with E-state index in [1.54, 1.807) is 0 Å². The summed E-state index contributed by atoms with van der Waals surface area (Å²) in [6.45, 7) is 0.433. The Kier molecular flexibility index (Phi) is 2.87. The second kappa shape index (κ2) is 4.55. The molecule has 1 aromatic heterocycles. The van der Waals surface area contributed by atoms with Crippen LogP contribution in [0.2, 0.25) is 5.02 Å². The standard InChI is InChI=1S/C12H10ClN3O3/c13-10-7-15(14-12(10)16(17)18)6-9-5-8-3-1-2-4-11(8)19-9/h1-4,7,9H,5-6H2. The van der Waals surface area contributed by atoms with E-state index in [4.69, 9.17) is 16.3 Å². The summed E-state index contributed by atoms with van der Waals surface area (Å²) in [5, 5.41) is 14.5. The average Bonchev–Trinajstić information content (AvgIpc) is 2.92. The number of ether oxygens (including phenoxy) is 1. The molecule has 0 amide bonds. The predicted molar refractivity (Wildman–Crippen MR) is 68.5 cm³/mol. The van der Waals surface area contributed by atoms with Gasteiger partial charge in [-0.05, 0) is 16.6 Å². The van der Waals surface area contributed by atoms with E-state index in [1.807, 2.05) is 24.3 Å². The molecule has 1 atom stereocenters. The van der Waals surface area contributed by atoms with Gasteiger partial charge in [0, 0.05) is 6.42 Å². The second-order valence-electron chi connectivity index (χ2n) is 4.33. The highest BCUT2D eigenvalue weighted by atomic mass is 35.5. The minimum Gasteiger partial charge on any atom is -0.488 e. The SMILES string of the molecule is O=[N+]([O-])c1nn(CC2Cc3ccccc3O2)cc1Cl. The molecule has 6 nitrogen and oxygen atoms in total. The molecule has 1 unspecified atom stereocenters. The van der Waals surface area contributed by atoms with Crippen molar-refractivity contribution in [2.45, 2.75) is 19.1 Å². The van der Waals surface area contributed by atoms with Crippen molar-refractivity contribution in [1.82, 2.24) is 9.78 Å². The Balaban J connectivity index is 1.74. The third kappa shape index (κ3) is 2.26. The van der Waals surface area contributed by atoms with Crippen molar-refractivity contribution in [3.8, 4) is 5.75 Å². The van der Waals surface area contributed by atoms with Gasteiger partial charge in [-0.15, -0.1) is 0 Å². The molecular formula is C12H10ClN3O3. The number of para-hydroxylation sites is 1. The van der Waals surface area contributed by atoms with Crippen LogP contribution >= 0.6 is 11.6 Å². The summed E-state index contributed by atoms with van der Waals surface area (Å²) in [6, 6.07) is 7.79. The van der Waals surface area contributed by atoms with E-state index in [0.717, 1.165) is 17.7 Å². The molecule has 0 N–H and O–H groups in total. The van der Waals surface area contributed by atoms with Crippen molar-refractivity contribution >= 4 is 17.4 Å². The summed E-state index contributed by atoms with van der Waals surface area (Å²) in [4.78, 5) is 10.1. The first kappa shape index (κ1) is 12.0. The largest absolute Gasteiger partial charge is 0.488 e. The van der Waals surface area contributed by atoms with E-state index in [2.05, 4.69) is 5.10 Å². The molecule has 98 valence electrons. The average molecular weight is 280 g/mol. The van der Waals surface area contributed by atoms with Crippen LogP contribution in [0, 0.1) is 10.1 Å². The maximum absolute atomic E-state index is 10.7.